The highest BCUT2D eigenvalue weighted by Gasteiger charge is 2.64. The van der Waals surface area contributed by atoms with Crippen LogP contribution in [0.4, 0.5) is 13.2 Å². The zero-order chi connectivity index (χ0) is 20.8. The molecule has 2 unspecified atom stereocenters. The molecule has 150 valence electrons. The molecular weight excluding hydrogens is 373 g/mol. The molecule has 0 saturated carbocycles. The SMILES string of the molecule is C=CC(COc1ccccc1C)OC(=O)C(OC)(c1ccccc1)C(F)(F)F. The predicted octanol–water partition coefficient (Wildman–Crippen LogP) is 4.58. The van der Waals surface area contributed by atoms with Gasteiger partial charge < -0.3 is 14.2 Å². The third kappa shape index (κ3) is 4.36. The molecule has 0 aliphatic rings. The van der Waals surface area contributed by atoms with Gasteiger partial charge in [0.1, 0.15) is 12.4 Å². The van der Waals surface area contributed by atoms with Gasteiger partial charge in [0.15, 0.2) is 6.10 Å². The molecule has 7 heteroatoms. The number of carbonyl (C=O) groups is 1. The van der Waals surface area contributed by atoms with E-state index in [2.05, 4.69) is 6.58 Å². The van der Waals surface area contributed by atoms with Gasteiger partial charge in [-0.2, -0.15) is 13.2 Å². The van der Waals surface area contributed by atoms with Gasteiger partial charge in [-0.3, -0.25) is 0 Å². The van der Waals surface area contributed by atoms with E-state index in [9.17, 15) is 18.0 Å². The number of benzene rings is 2. The molecule has 2 aromatic carbocycles. The number of halogens is 3. The summed E-state index contributed by atoms with van der Waals surface area (Å²) in [5.74, 6) is -1.06. The standard InChI is InChI=1S/C21H21F3O4/c1-4-17(14-27-18-13-9-8-10-15(18)2)28-19(25)20(26-3,21(22,23)24)16-11-6-5-7-12-16/h4-13,17H,1,14H2,2-3H3. The van der Waals surface area contributed by atoms with Crippen molar-refractivity contribution in [2.24, 2.45) is 0 Å². The van der Waals surface area contributed by atoms with Gasteiger partial charge in [0.05, 0.1) is 0 Å². The maximum Gasteiger partial charge on any atom is 0.432 e. The monoisotopic (exact) mass is 394 g/mol. The number of alkyl halides is 3. The lowest BCUT2D eigenvalue weighted by atomic mass is 9.92. The van der Waals surface area contributed by atoms with E-state index in [1.54, 1.807) is 12.1 Å². The minimum Gasteiger partial charge on any atom is -0.489 e. The number of methoxy groups -OCH3 is 1. The molecule has 4 nitrogen and oxygen atoms in total. The van der Waals surface area contributed by atoms with Crippen LogP contribution in [-0.4, -0.2) is 32.0 Å². The molecule has 0 spiro atoms. The molecule has 0 aromatic heterocycles. The van der Waals surface area contributed by atoms with E-state index in [4.69, 9.17) is 14.2 Å². The van der Waals surface area contributed by atoms with E-state index >= 15 is 0 Å². The largest absolute Gasteiger partial charge is 0.489 e. The van der Waals surface area contributed by atoms with Crippen LogP contribution in [0.15, 0.2) is 67.3 Å². The topological polar surface area (TPSA) is 44.8 Å². The van der Waals surface area contributed by atoms with Gasteiger partial charge in [-0.25, -0.2) is 4.79 Å². The molecule has 0 N–H and O–H groups in total. The predicted molar refractivity (Wildman–Crippen MR) is 97.9 cm³/mol. The summed E-state index contributed by atoms with van der Waals surface area (Å²) in [6.45, 7) is 5.14. The molecule has 0 aliphatic heterocycles. The Labute approximate surface area is 161 Å². The van der Waals surface area contributed by atoms with Crippen LogP contribution in [0.3, 0.4) is 0 Å². The fourth-order valence-electron chi connectivity index (χ4n) is 2.65. The second kappa shape index (κ2) is 8.93. The van der Waals surface area contributed by atoms with Crippen molar-refractivity contribution in [1.29, 1.82) is 0 Å². The average Bonchev–Trinajstić information content (AvgIpc) is 2.67. The van der Waals surface area contributed by atoms with Crippen LogP contribution in [0.5, 0.6) is 5.75 Å². The fraction of sp³-hybridized carbons (Fsp3) is 0.286. The van der Waals surface area contributed by atoms with E-state index in [-0.39, 0.29) is 12.2 Å². The lowest BCUT2D eigenvalue weighted by Gasteiger charge is -2.33. The fourth-order valence-corrected chi connectivity index (χ4v) is 2.65. The average molecular weight is 394 g/mol. The summed E-state index contributed by atoms with van der Waals surface area (Å²) in [4.78, 5) is 12.6. The van der Waals surface area contributed by atoms with Gasteiger partial charge in [-0.1, -0.05) is 55.1 Å². The van der Waals surface area contributed by atoms with Gasteiger partial charge >= 0.3 is 12.1 Å². The maximum absolute atomic E-state index is 13.9. The molecule has 2 aromatic rings. The maximum atomic E-state index is 13.9. The molecule has 0 amide bonds. The zero-order valence-electron chi connectivity index (χ0n) is 15.5. The third-order valence-electron chi connectivity index (χ3n) is 4.19. The number of rotatable bonds is 8. The number of aryl methyl sites for hydroxylation is 1. The van der Waals surface area contributed by atoms with Crippen molar-refractivity contribution in [3.63, 3.8) is 0 Å². The van der Waals surface area contributed by atoms with Crippen molar-refractivity contribution in [1.82, 2.24) is 0 Å². The molecule has 0 aliphatic carbocycles. The molecule has 0 heterocycles. The first kappa shape index (κ1) is 21.5. The van der Waals surface area contributed by atoms with Crippen LogP contribution in [0.1, 0.15) is 11.1 Å². The second-order valence-electron chi connectivity index (χ2n) is 6.01. The molecule has 28 heavy (non-hydrogen) atoms. The Balaban J connectivity index is 2.24. The summed E-state index contributed by atoms with van der Waals surface area (Å²) in [5, 5.41) is 0. The Morgan fingerprint density at radius 1 is 1.11 bits per heavy atom. The van der Waals surface area contributed by atoms with Crippen LogP contribution in [-0.2, 0) is 19.9 Å². The van der Waals surface area contributed by atoms with Gasteiger partial charge in [-0.15, -0.1) is 0 Å². The van der Waals surface area contributed by atoms with E-state index in [0.29, 0.717) is 5.75 Å². The zero-order valence-corrected chi connectivity index (χ0v) is 15.5. The Bertz CT molecular complexity index is 805. The highest BCUT2D eigenvalue weighted by atomic mass is 19.4. The van der Waals surface area contributed by atoms with Crippen molar-refractivity contribution >= 4 is 5.97 Å². The van der Waals surface area contributed by atoms with E-state index < -0.39 is 23.9 Å². The number of esters is 1. The molecule has 0 radical (unpaired) electrons. The van der Waals surface area contributed by atoms with Gasteiger partial charge in [0.25, 0.3) is 5.60 Å². The number of hydrogen-bond donors (Lipinski definition) is 0. The minimum absolute atomic E-state index is 0.188. The van der Waals surface area contributed by atoms with Crippen LogP contribution in [0, 0.1) is 6.92 Å². The van der Waals surface area contributed by atoms with Gasteiger partial charge in [0, 0.05) is 12.7 Å². The molecule has 0 saturated heterocycles. The quantitative estimate of drug-likeness (QED) is 0.486. The lowest BCUT2D eigenvalue weighted by Crippen LogP contribution is -2.52. The molecule has 0 bridgehead atoms. The minimum atomic E-state index is -5.04. The van der Waals surface area contributed by atoms with E-state index in [0.717, 1.165) is 24.8 Å². The summed E-state index contributed by atoms with van der Waals surface area (Å²) in [5.41, 5.74) is -2.79. The number of hydrogen-bond acceptors (Lipinski definition) is 4. The second-order valence-corrected chi connectivity index (χ2v) is 6.01. The van der Waals surface area contributed by atoms with Crippen LogP contribution < -0.4 is 4.74 Å². The summed E-state index contributed by atoms with van der Waals surface area (Å²) < 4.78 is 57.0. The van der Waals surface area contributed by atoms with Crippen LogP contribution in [0.2, 0.25) is 0 Å². The first-order valence-electron chi connectivity index (χ1n) is 8.45. The van der Waals surface area contributed by atoms with Crippen molar-refractivity contribution in [3.05, 3.63) is 78.4 Å². The molecule has 2 rings (SSSR count). The molecular formula is C21H21F3O4. The van der Waals surface area contributed by atoms with Crippen LogP contribution in [0.25, 0.3) is 0 Å². The van der Waals surface area contributed by atoms with Crippen molar-refractivity contribution in [2.45, 2.75) is 24.8 Å². The Morgan fingerprint density at radius 3 is 2.25 bits per heavy atom. The summed E-state index contributed by atoms with van der Waals surface area (Å²) in [6.07, 6.45) is -4.94. The first-order chi connectivity index (χ1) is 13.3. The van der Waals surface area contributed by atoms with Crippen molar-refractivity contribution < 1.29 is 32.2 Å². The Morgan fingerprint density at radius 2 is 1.71 bits per heavy atom. The first-order valence-corrected chi connectivity index (χ1v) is 8.45. The summed E-state index contributed by atoms with van der Waals surface area (Å²) in [7, 11) is 0.814. The van der Waals surface area contributed by atoms with Gasteiger partial charge in [-0.05, 0) is 24.6 Å². The van der Waals surface area contributed by atoms with E-state index in [1.807, 2.05) is 19.1 Å². The molecule has 0 fully saturated rings. The van der Waals surface area contributed by atoms with Crippen molar-refractivity contribution in [2.75, 3.05) is 13.7 Å². The van der Waals surface area contributed by atoms with Gasteiger partial charge in [0.2, 0.25) is 0 Å². The number of para-hydroxylation sites is 1. The smallest absolute Gasteiger partial charge is 0.432 e. The normalized spacial score (nSPS) is 14.6. The van der Waals surface area contributed by atoms with Crippen LogP contribution >= 0.6 is 0 Å². The molecule has 2 atom stereocenters. The lowest BCUT2D eigenvalue weighted by molar-refractivity contribution is -0.277. The third-order valence-corrected chi connectivity index (χ3v) is 4.19. The summed E-state index contributed by atoms with van der Waals surface area (Å²) in [6, 6.07) is 13.7. The number of carbonyl (C=O) groups excluding carboxylic acids is 1. The Hall–Kier alpha value is -2.80. The summed E-state index contributed by atoms with van der Waals surface area (Å²) >= 11 is 0. The highest BCUT2D eigenvalue weighted by Crippen LogP contribution is 2.43. The Kier molecular flexibility index (Phi) is 6.85. The van der Waals surface area contributed by atoms with Crippen molar-refractivity contribution in [3.8, 4) is 5.75 Å². The number of ether oxygens (including phenoxy) is 3. The highest BCUT2D eigenvalue weighted by molar-refractivity contribution is 5.83. The van der Waals surface area contributed by atoms with E-state index in [1.165, 1.54) is 24.3 Å².